The number of nitrogens with one attached hydrogen (secondary N) is 2. The molecule has 0 unspecified atom stereocenters. The average Bonchev–Trinajstić information content (AvgIpc) is 2.79. The van der Waals surface area contributed by atoms with Crippen LogP contribution in [0.15, 0.2) is 71.6 Å². The van der Waals surface area contributed by atoms with Gasteiger partial charge < -0.3 is 19.5 Å². The van der Waals surface area contributed by atoms with Gasteiger partial charge >= 0.3 is 0 Å². The van der Waals surface area contributed by atoms with Crippen molar-refractivity contribution in [3.8, 4) is 17.2 Å². The number of ether oxygens (including phenoxy) is 3. The first-order valence-corrected chi connectivity index (χ1v) is 11.4. The van der Waals surface area contributed by atoms with Gasteiger partial charge in [0.1, 0.15) is 19.0 Å². The normalized spacial score (nSPS) is 12.7. The van der Waals surface area contributed by atoms with E-state index in [1.165, 1.54) is 12.1 Å². The van der Waals surface area contributed by atoms with Crippen LogP contribution in [0.2, 0.25) is 0 Å². The highest BCUT2D eigenvalue weighted by Crippen LogP contribution is 2.32. The summed E-state index contributed by atoms with van der Waals surface area (Å²) in [6, 6.07) is 18.2. The zero-order chi connectivity index (χ0) is 22.6. The number of anilines is 2. The summed E-state index contributed by atoms with van der Waals surface area (Å²) < 4.78 is 44.3. The molecule has 9 heteroatoms. The van der Waals surface area contributed by atoms with Gasteiger partial charge in [0.2, 0.25) is 0 Å². The third-order valence-corrected chi connectivity index (χ3v) is 6.08. The van der Waals surface area contributed by atoms with Gasteiger partial charge in [0.15, 0.2) is 18.1 Å². The first kappa shape index (κ1) is 21.5. The molecule has 32 heavy (non-hydrogen) atoms. The molecule has 1 heterocycles. The first-order valence-electron chi connectivity index (χ1n) is 9.91. The van der Waals surface area contributed by atoms with Gasteiger partial charge in [-0.1, -0.05) is 18.2 Å². The van der Waals surface area contributed by atoms with Crippen molar-refractivity contribution in [3.63, 3.8) is 0 Å². The van der Waals surface area contributed by atoms with Crippen LogP contribution >= 0.6 is 0 Å². The second kappa shape index (κ2) is 9.19. The summed E-state index contributed by atoms with van der Waals surface area (Å²) in [6.45, 7) is 2.56. The van der Waals surface area contributed by atoms with Crippen LogP contribution < -0.4 is 24.2 Å². The van der Waals surface area contributed by atoms with Crippen LogP contribution in [0.25, 0.3) is 0 Å². The van der Waals surface area contributed by atoms with Crippen LogP contribution in [0, 0.1) is 6.92 Å². The lowest BCUT2D eigenvalue weighted by molar-refractivity contribution is -0.118. The number of aryl methyl sites for hydroxylation is 1. The van der Waals surface area contributed by atoms with E-state index in [9.17, 15) is 13.2 Å². The minimum Gasteiger partial charge on any atom is -0.486 e. The lowest BCUT2D eigenvalue weighted by Crippen LogP contribution is -2.20. The van der Waals surface area contributed by atoms with Crippen LogP contribution in [-0.2, 0) is 14.8 Å². The number of amides is 1. The Morgan fingerprint density at radius 1 is 0.938 bits per heavy atom. The Bertz CT molecular complexity index is 1230. The molecule has 0 aromatic heterocycles. The van der Waals surface area contributed by atoms with Gasteiger partial charge in [-0.2, -0.15) is 0 Å². The summed E-state index contributed by atoms with van der Waals surface area (Å²) in [7, 11) is -3.82. The van der Waals surface area contributed by atoms with Crippen molar-refractivity contribution in [2.45, 2.75) is 11.8 Å². The molecule has 8 nitrogen and oxygen atoms in total. The number of benzene rings is 3. The molecule has 166 valence electrons. The van der Waals surface area contributed by atoms with Crippen molar-refractivity contribution >= 4 is 27.3 Å². The first-order chi connectivity index (χ1) is 15.4. The van der Waals surface area contributed by atoms with E-state index in [-0.39, 0.29) is 17.4 Å². The quantitative estimate of drug-likeness (QED) is 0.566. The van der Waals surface area contributed by atoms with E-state index in [0.717, 1.165) is 5.56 Å². The Morgan fingerprint density at radius 2 is 1.62 bits per heavy atom. The molecule has 0 spiro atoms. The van der Waals surface area contributed by atoms with Crippen molar-refractivity contribution in [2.24, 2.45) is 0 Å². The average molecular weight is 455 g/mol. The van der Waals surface area contributed by atoms with Crippen LogP contribution in [0.1, 0.15) is 5.56 Å². The SMILES string of the molecule is Cc1ccccc1OCC(=O)Nc1ccc(NS(=O)(=O)c2ccc3c(c2)OCCO3)cc1. The molecule has 1 aliphatic rings. The second-order valence-electron chi connectivity index (χ2n) is 7.09. The third kappa shape index (κ3) is 5.12. The van der Waals surface area contributed by atoms with Crippen LogP contribution in [0.3, 0.4) is 0 Å². The molecule has 2 N–H and O–H groups in total. The zero-order valence-electron chi connectivity index (χ0n) is 17.3. The number of fused-ring (bicyclic) bond motifs is 1. The molecular weight excluding hydrogens is 432 g/mol. The minimum atomic E-state index is -3.82. The van der Waals surface area contributed by atoms with E-state index >= 15 is 0 Å². The number of rotatable bonds is 7. The molecule has 0 saturated carbocycles. The van der Waals surface area contributed by atoms with Crippen LogP contribution in [-0.4, -0.2) is 34.1 Å². The zero-order valence-corrected chi connectivity index (χ0v) is 18.1. The van der Waals surface area contributed by atoms with Gasteiger partial charge in [-0.3, -0.25) is 9.52 Å². The van der Waals surface area contributed by atoms with Gasteiger partial charge in [0, 0.05) is 17.4 Å². The van der Waals surface area contributed by atoms with Crippen molar-refractivity contribution < 1.29 is 27.4 Å². The molecular formula is C23H22N2O6S. The standard InChI is InChI=1S/C23H22N2O6S/c1-16-4-2-3-5-20(16)31-15-23(26)24-17-6-8-18(9-7-17)25-32(27,28)19-10-11-21-22(14-19)30-13-12-29-21/h2-11,14,25H,12-13,15H2,1H3,(H,24,26). The topological polar surface area (TPSA) is 103 Å². The van der Waals surface area contributed by atoms with E-state index in [1.807, 2.05) is 25.1 Å². The maximum absolute atomic E-state index is 12.7. The molecule has 0 aliphatic carbocycles. The predicted octanol–water partition coefficient (Wildman–Crippen LogP) is 3.58. The molecule has 3 aromatic carbocycles. The Balaban J connectivity index is 1.36. The highest BCUT2D eigenvalue weighted by atomic mass is 32.2. The Hall–Kier alpha value is -3.72. The summed E-state index contributed by atoms with van der Waals surface area (Å²) in [5.41, 5.74) is 1.81. The Kier molecular flexibility index (Phi) is 6.18. The number of hydrogen-bond acceptors (Lipinski definition) is 6. The van der Waals surface area contributed by atoms with E-state index in [0.29, 0.717) is 41.8 Å². The summed E-state index contributed by atoms with van der Waals surface area (Å²) in [6.07, 6.45) is 0. The van der Waals surface area contributed by atoms with E-state index in [2.05, 4.69) is 10.0 Å². The fourth-order valence-corrected chi connectivity index (χ4v) is 4.16. The minimum absolute atomic E-state index is 0.0625. The summed E-state index contributed by atoms with van der Waals surface area (Å²) in [4.78, 5) is 12.2. The molecule has 0 radical (unpaired) electrons. The molecule has 0 bridgehead atoms. The number of para-hydroxylation sites is 1. The van der Waals surface area contributed by atoms with E-state index in [1.54, 1.807) is 36.4 Å². The van der Waals surface area contributed by atoms with Gasteiger partial charge in [0.05, 0.1) is 4.90 Å². The fraction of sp³-hybridized carbons (Fsp3) is 0.174. The summed E-state index contributed by atoms with van der Waals surface area (Å²) >= 11 is 0. The van der Waals surface area contributed by atoms with Crippen LogP contribution in [0.5, 0.6) is 17.2 Å². The highest BCUT2D eigenvalue weighted by molar-refractivity contribution is 7.92. The summed E-state index contributed by atoms with van der Waals surface area (Å²) in [5, 5.41) is 2.72. The van der Waals surface area contributed by atoms with Gasteiger partial charge in [-0.05, 0) is 55.0 Å². The van der Waals surface area contributed by atoms with Gasteiger partial charge in [-0.15, -0.1) is 0 Å². The van der Waals surface area contributed by atoms with Crippen molar-refractivity contribution in [1.82, 2.24) is 0 Å². The molecule has 0 saturated heterocycles. The fourth-order valence-electron chi connectivity index (χ4n) is 3.09. The van der Waals surface area contributed by atoms with Gasteiger partial charge in [-0.25, -0.2) is 8.42 Å². The van der Waals surface area contributed by atoms with Crippen molar-refractivity contribution in [2.75, 3.05) is 29.9 Å². The third-order valence-electron chi connectivity index (χ3n) is 4.70. The predicted molar refractivity (Wildman–Crippen MR) is 120 cm³/mol. The molecule has 3 aromatic rings. The van der Waals surface area contributed by atoms with Crippen molar-refractivity contribution in [3.05, 3.63) is 72.3 Å². The summed E-state index contributed by atoms with van der Waals surface area (Å²) in [5.74, 6) is 1.23. The second-order valence-corrected chi connectivity index (χ2v) is 8.77. The largest absolute Gasteiger partial charge is 0.486 e. The molecule has 4 rings (SSSR count). The molecule has 0 atom stereocenters. The number of hydrogen-bond donors (Lipinski definition) is 2. The molecule has 0 fully saturated rings. The van der Waals surface area contributed by atoms with Gasteiger partial charge in [0.25, 0.3) is 15.9 Å². The monoisotopic (exact) mass is 454 g/mol. The molecule has 1 aliphatic heterocycles. The smallest absolute Gasteiger partial charge is 0.262 e. The number of carbonyl (C=O) groups is 1. The van der Waals surface area contributed by atoms with Crippen molar-refractivity contribution in [1.29, 1.82) is 0 Å². The lowest BCUT2D eigenvalue weighted by atomic mass is 10.2. The lowest BCUT2D eigenvalue weighted by Gasteiger charge is -2.19. The number of sulfonamides is 1. The highest BCUT2D eigenvalue weighted by Gasteiger charge is 2.19. The van der Waals surface area contributed by atoms with E-state index in [4.69, 9.17) is 14.2 Å². The van der Waals surface area contributed by atoms with Crippen LogP contribution in [0.4, 0.5) is 11.4 Å². The maximum Gasteiger partial charge on any atom is 0.262 e. The maximum atomic E-state index is 12.7. The Labute approximate surface area is 186 Å². The van der Waals surface area contributed by atoms with E-state index < -0.39 is 10.0 Å². The number of carbonyl (C=O) groups excluding carboxylic acids is 1. The molecule has 1 amide bonds. The Morgan fingerprint density at radius 3 is 2.38 bits per heavy atom.